The molecule has 0 amide bonds. The molecule has 0 N–H and O–H groups in total. The van der Waals surface area contributed by atoms with Gasteiger partial charge in [0.15, 0.2) is 5.82 Å². The topological polar surface area (TPSA) is 35.0 Å². The van der Waals surface area contributed by atoms with Crippen molar-refractivity contribution in [3.8, 4) is 17.1 Å². The summed E-state index contributed by atoms with van der Waals surface area (Å²) in [7, 11) is 0. The zero-order valence-electron chi connectivity index (χ0n) is 18.5. The van der Waals surface area contributed by atoms with Gasteiger partial charge in [0.25, 0.3) is 0 Å². The Balaban J connectivity index is 1.49. The molecule has 29 heavy (non-hydrogen) atoms. The maximum Gasteiger partial charge on any atom is 0.159 e. The molecule has 0 saturated carbocycles. The molecule has 2 aromatic rings. The monoisotopic (exact) mass is 394 g/mol. The van der Waals surface area contributed by atoms with E-state index in [2.05, 4.69) is 49.3 Å². The molecule has 0 saturated heterocycles. The van der Waals surface area contributed by atoms with Crippen LogP contribution in [0.3, 0.4) is 0 Å². The summed E-state index contributed by atoms with van der Waals surface area (Å²) in [4.78, 5) is 9.55. The average molecular weight is 395 g/mol. The van der Waals surface area contributed by atoms with Crippen LogP contribution in [0.1, 0.15) is 89.3 Å². The molecule has 3 rings (SSSR count). The fraction of sp³-hybridized carbons (Fsp3) is 0.615. The van der Waals surface area contributed by atoms with E-state index in [9.17, 15) is 0 Å². The van der Waals surface area contributed by atoms with Gasteiger partial charge in [0.05, 0.1) is 6.61 Å². The molecule has 1 aliphatic rings. The Hall–Kier alpha value is -1.90. The van der Waals surface area contributed by atoms with Gasteiger partial charge in [-0.1, -0.05) is 65.2 Å². The van der Waals surface area contributed by atoms with E-state index in [0.29, 0.717) is 0 Å². The van der Waals surface area contributed by atoms with Crippen LogP contribution in [-0.4, -0.2) is 16.6 Å². The molecule has 3 heteroatoms. The molecule has 0 radical (unpaired) electrons. The van der Waals surface area contributed by atoms with Gasteiger partial charge in [-0.25, -0.2) is 9.97 Å². The average Bonchev–Trinajstić information content (AvgIpc) is 2.77. The quantitative estimate of drug-likeness (QED) is 0.358. The second kappa shape index (κ2) is 11.9. The van der Waals surface area contributed by atoms with E-state index in [1.54, 1.807) is 0 Å². The lowest BCUT2D eigenvalue weighted by Gasteiger charge is -2.23. The van der Waals surface area contributed by atoms with Crippen molar-refractivity contribution in [2.75, 3.05) is 6.61 Å². The summed E-state index contributed by atoms with van der Waals surface area (Å²) in [6, 6.07) is 8.28. The minimum absolute atomic E-state index is 0.806. The molecule has 1 aromatic carbocycles. The third-order valence-electron chi connectivity index (χ3n) is 6.10. The maximum absolute atomic E-state index is 5.90. The summed E-state index contributed by atoms with van der Waals surface area (Å²) in [6.45, 7) is 5.34. The largest absolute Gasteiger partial charge is 0.494 e. The molecule has 0 bridgehead atoms. The molecule has 1 atom stereocenters. The number of nitrogens with zero attached hydrogens (tertiary/aromatic N) is 2. The highest BCUT2D eigenvalue weighted by Gasteiger charge is 2.20. The summed E-state index contributed by atoms with van der Waals surface area (Å²) in [5.74, 6) is 2.61. The standard InChI is InChI=1S/C26H38N2O/c1-3-5-7-8-9-10-18-29-24-15-13-22(14-16-24)26-27-20-23-19-21(11-6-4-2)12-17-25(23)28-26/h13-16,20-21H,3-12,17-19H2,1-2H3. The highest BCUT2D eigenvalue weighted by molar-refractivity contribution is 5.56. The van der Waals surface area contributed by atoms with Gasteiger partial charge in [-0.3, -0.25) is 0 Å². The summed E-state index contributed by atoms with van der Waals surface area (Å²) < 4.78 is 5.90. The van der Waals surface area contributed by atoms with Crippen molar-refractivity contribution in [2.24, 2.45) is 5.92 Å². The summed E-state index contributed by atoms with van der Waals surface area (Å²) in [5, 5.41) is 0. The molecule has 0 fully saturated rings. The van der Waals surface area contributed by atoms with Crippen LogP contribution in [0.25, 0.3) is 11.4 Å². The van der Waals surface area contributed by atoms with E-state index in [1.165, 1.54) is 69.0 Å². The third kappa shape index (κ3) is 6.83. The molecular weight excluding hydrogens is 356 g/mol. The minimum Gasteiger partial charge on any atom is -0.494 e. The van der Waals surface area contributed by atoms with Crippen LogP contribution in [0.15, 0.2) is 30.5 Å². The molecule has 0 spiro atoms. The number of hydrogen-bond donors (Lipinski definition) is 0. The second-order valence-electron chi connectivity index (χ2n) is 8.56. The van der Waals surface area contributed by atoms with Crippen LogP contribution in [0.4, 0.5) is 0 Å². The van der Waals surface area contributed by atoms with E-state index >= 15 is 0 Å². The number of rotatable bonds is 12. The van der Waals surface area contributed by atoms with E-state index in [0.717, 1.165) is 48.9 Å². The number of aromatic nitrogens is 2. The predicted octanol–water partition coefficient (Wildman–Crippen LogP) is 7.18. The van der Waals surface area contributed by atoms with Crippen molar-refractivity contribution in [2.45, 2.75) is 90.9 Å². The van der Waals surface area contributed by atoms with E-state index < -0.39 is 0 Å². The summed E-state index contributed by atoms with van der Waals surface area (Å²) in [6.07, 6.45) is 17.3. The Morgan fingerprint density at radius 2 is 1.69 bits per heavy atom. The Morgan fingerprint density at radius 1 is 0.931 bits per heavy atom. The first-order valence-electron chi connectivity index (χ1n) is 11.9. The van der Waals surface area contributed by atoms with E-state index in [1.807, 2.05) is 0 Å². The number of aryl methyl sites for hydroxylation is 1. The predicted molar refractivity (Wildman–Crippen MR) is 121 cm³/mol. The van der Waals surface area contributed by atoms with Crippen molar-refractivity contribution in [3.05, 3.63) is 41.7 Å². The van der Waals surface area contributed by atoms with Crippen molar-refractivity contribution >= 4 is 0 Å². The highest BCUT2D eigenvalue weighted by atomic mass is 16.5. The molecule has 0 aliphatic heterocycles. The number of fused-ring (bicyclic) bond motifs is 1. The van der Waals surface area contributed by atoms with Crippen LogP contribution in [-0.2, 0) is 12.8 Å². The van der Waals surface area contributed by atoms with Crippen molar-refractivity contribution < 1.29 is 4.74 Å². The van der Waals surface area contributed by atoms with Gasteiger partial charge in [0.2, 0.25) is 0 Å². The SMILES string of the molecule is CCCCCCCCOc1ccc(-c2ncc3c(n2)CCC(CCCC)C3)cc1. The molecule has 1 aliphatic carbocycles. The lowest BCUT2D eigenvalue weighted by Crippen LogP contribution is -2.16. The van der Waals surface area contributed by atoms with E-state index in [4.69, 9.17) is 9.72 Å². The van der Waals surface area contributed by atoms with Gasteiger partial charge in [0, 0.05) is 17.5 Å². The van der Waals surface area contributed by atoms with Crippen molar-refractivity contribution in [1.82, 2.24) is 9.97 Å². The smallest absolute Gasteiger partial charge is 0.159 e. The van der Waals surface area contributed by atoms with Crippen LogP contribution in [0.2, 0.25) is 0 Å². The zero-order valence-corrected chi connectivity index (χ0v) is 18.5. The Morgan fingerprint density at radius 3 is 2.48 bits per heavy atom. The summed E-state index contributed by atoms with van der Waals surface area (Å²) in [5.41, 5.74) is 3.69. The highest BCUT2D eigenvalue weighted by Crippen LogP contribution is 2.29. The summed E-state index contributed by atoms with van der Waals surface area (Å²) >= 11 is 0. The number of ether oxygens (including phenoxy) is 1. The second-order valence-corrected chi connectivity index (χ2v) is 8.56. The number of hydrogen-bond acceptors (Lipinski definition) is 3. The molecule has 158 valence electrons. The lowest BCUT2D eigenvalue weighted by molar-refractivity contribution is 0.304. The van der Waals surface area contributed by atoms with Gasteiger partial charge in [0.1, 0.15) is 5.75 Å². The first kappa shape index (κ1) is 21.8. The van der Waals surface area contributed by atoms with Gasteiger partial charge < -0.3 is 4.74 Å². The fourth-order valence-corrected chi connectivity index (χ4v) is 4.23. The fourth-order valence-electron chi connectivity index (χ4n) is 4.23. The zero-order chi connectivity index (χ0) is 20.3. The van der Waals surface area contributed by atoms with Gasteiger partial charge in [-0.05, 0) is 61.4 Å². The Bertz CT molecular complexity index is 726. The molecule has 1 heterocycles. The van der Waals surface area contributed by atoms with Crippen molar-refractivity contribution in [1.29, 1.82) is 0 Å². The molecule has 3 nitrogen and oxygen atoms in total. The third-order valence-corrected chi connectivity index (χ3v) is 6.10. The first-order chi connectivity index (χ1) is 14.3. The molecule has 1 aromatic heterocycles. The van der Waals surface area contributed by atoms with Gasteiger partial charge in [-0.2, -0.15) is 0 Å². The van der Waals surface area contributed by atoms with Gasteiger partial charge >= 0.3 is 0 Å². The number of benzene rings is 1. The maximum atomic E-state index is 5.90. The Labute approximate surface area is 177 Å². The van der Waals surface area contributed by atoms with E-state index in [-0.39, 0.29) is 0 Å². The van der Waals surface area contributed by atoms with Gasteiger partial charge in [-0.15, -0.1) is 0 Å². The molecule has 1 unspecified atom stereocenters. The Kier molecular flexibility index (Phi) is 8.98. The minimum atomic E-state index is 0.806. The van der Waals surface area contributed by atoms with Crippen LogP contribution < -0.4 is 4.74 Å². The molecular formula is C26H38N2O. The van der Waals surface area contributed by atoms with Crippen LogP contribution in [0, 0.1) is 5.92 Å². The first-order valence-corrected chi connectivity index (χ1v) is 11.9. The lowest BCUT2D eigenvalue weighted by atomic mass is 9.84. The van der Waals surface area contributed by atoms with Crippen molar-refractivity contribution in [3.63, 3.8) is 0 Å². The normalized spacial score (nSPS) is 15.9. The van der Waals surface area contributed by atoms with Crippen LogP contribution in [0.5, 0.6) is 5.75 Å². The number of unbranched alkanes of at least 4 members (excludes halogenated alkanes) is 6. The van der Waals surface area contributed by atoms with Crippen LogP contribution >= 0.6 is 0 Å².